The van der Waals surface area contributed by atoms with E-state index >= 15 is 0 Å². The highest BCUT2D eigenvalue weighted by molar-refractivity contribution is 6.05. The quantitative estimate of drug-likeness (QED) is 0.688. The lowest BCUT2D eigenvalue weighted by molar-refractivity contribution is 0.102. The van der Waals surface area contributed by atoms with E-state index in [-0.39, 0.29) is 5.91 Å². The van der Waals surface area contributed by atoms with Crippen LogP contribution in [-0.4, -0.2) is 22.8 Å². The van der Waals surface area contributed by atoms with E-state index in [1.807, 2.05) is 32.0 Å². The average Bonchev–Trinajstić information content (AvgIpc) is 3.10. The molecule has 3 aromatic rings. The van der Waals surface area contributed by atoms with E-state index in [1.54, 1.807) is 24.3 Å². The van der Waals surface area contributed by atoms with Gasteiger partial charge in [-0.1, -0.05) is 31.5 Å². The first-order valence-electron chi connectivity index (χ1n) is 8.88. The van der Waals surface area contributed by atoms with Crippen molar-refractivity contribution in [3.63, 3.8) is 0 Å². The van der Waals surface area contributed by atoms with Gasteiger partial charge in [-0.15, -0.1) is 0 Å². The molecule has 0 saturated carbocycles. The molecule has 0 fully saturated rings. The Morgan fingerprint density at radius 1 is 1.11 bits per heavy atom. The average molecular weight is 365 g/mol. The van der Waals surface area contributed by atoms with Gasteiger partial charge in [-0.25, -0.2) is 4.63 Å². The van der Waals surface area contributed by atoms with Gasteiger partial charge in [-0.05, 0) is 66.0 Å². The highest BCUT2D eigenvalue weighted by atomic mass is 16.6. The minimum atomic E-state index is -0.285. The SMILES string of the molecule is Cc1ccc(C)c(-c2nonc2NC(=O)c2ccc(OCC(C)C)cc2)c1. The lowest BCUT2D eigenvalue weighted by Crippen LogP contribution is -2.13. The molecule has 1 N–H and O–H groups in total. The van der Waals surface area contributed by atoms with Crippen LogP contribution in [-0.2, 0) is 0 Å². The van der Waals surface area contributed by atoms with E-state index in [9.17, 15) is 4.79 Å². The Kier molecular flexibility index (Phi) is 5.54. The number of anilines is 1. The maximum Gasteiger partial charge on any atom is 0.256 e. The number of aromatic nitrogens is 2. The molecule has 0 aliphatic heterocycles. The number of benzene rings is 2. The number of hydrogen-bond acceptors (Lipinski definition) is 5. The number of hydrogen-bond donors (Lipinski definition) is 1. The molecule has 140 valence electrons. The zero-order valence-corrected chi connectivity index (χ0v) is 15.9. The summed E-state index contributed by atoms with van der Waals surface area (Å²) in [6.07, 6.45) is 0. The summed E-state index contributed by atoms with van der Waals surface area (Å²) in [6.45, 7) is 8.78. The number of aryl methyl sites for hydroxylation is 2. The van der Waals surface area contributed by atoms with Gasteiger partial charge in [0, 0.05) is 11.1 Å². The van der Waals surface area contributed by atoms with Crippen molar-refractivity contribution in [3.8, 4) is 17.0 Å². The van der Waals surface area contributed by atoms with Gasteiger partial charge in [-0.2, -0.15) is 0 Å². The van der Waals surface area contributed by atoms with Crippen LogP contribution in [0.1, 0.15) is 35.3 Å². The van der Waals surface area contributed by atoms with Crippen molar-refractivity contribution in [1.29, 1.82) is 0 Å². The summed E-state index contributed by atoms with van der Waals surface area (Å²) in [6, 6.07) is 13.0. The molecule has 0 atom stereocenters. The van der Waals surface area contributed by atoms with Crippen molar-refractivity contribution in [3.05, 3.63) is 59.2 Å². The molecule has 6 heteroatoms. The van der Waals surface area contributed by atoms with Crippen LogP contribution in [0.2, 0.25) is 0 Å². The number of rotatable bonds is 6. The van der Waals surface area contributed by atoms with E-state index < -0.39 is 0 Å². The normalized spacial score (nSPS) is 10.9. The zero-order valence-electron chi connectivity index (χ0n) is 15.9. The van der Waals surface area contributed by atoms with Crippen molar-refractivity contribution in [2.45, 2.75) is 27.7 Å². The maximum absolute atomic E-state index is 12.6. The fraction of sp³-hybridized carbons (Fsp3) is 0.286. The highest BCUT2D eigenvalue weighted by Gasteiger charge is 2.18. The minimum absolute atomic E-state index is 0.285. The molecular weight excluding hydrogens is 342 g/mol. The fourth-order valence-electron chi connectivity index (χ4n) is 2.58. The third-order valence-corrected chi connectivity index (χ3v) is 4.07. The Morgan fingerprint density at radius 2 is 1.85 bits per heavy atom. The van der Waals surface area contributed by atoms with Crippen molar-refractivity contribution < 1.29 is 14.2 Å². The molecule has 1 aromatic heterocycles. The largest absolute Gasteiger partial charge is 0.493 e. The fourth-order valence-corrected chi connectivity index (χ4v) is 2.58. The van der Waals surface area contributed by atoms with Crippen molar-refractivity contribution >= 4 is 11.7 Å². The number of carbonyl (C=O) groups excluding carboxylic acids is 1. The van der Waals surface area contributed by atoms with Crippen molar-refractivity contribution in [2.75, 3.05) is 11.9 Å². The van der Waals surface area contributed by atoms with Crippen LogP contribution in [0.3, 0.4) is 0 Å². The summed E-state index contributed by atoms with van der Waals surface area (Å²) in [5.41, 5.74) is 4.01. The van der Waals surface area contributed by atoms with Crippen LogP contribution in [0.4, 0.5) is 5.82 Å². The predicted octanol–water partition coefficient (Wildman–Crippen LogP) is 4.64. The molecule has 6 nitrogen and oxygen atoms in total. The topological polar surface area (TPSA) is 77.3 Å². The molecule has 1 amide bonds. The van der Waals surface area contributed by atoms with Gasteiger partial charge in [-0.3, -0.25) is 4.79 Å². The van der Waals surface area contributed by atoms with Crippen molar-refractivity contribution in [2.24, 2.45) is 5.92 Å². The highest BCUT2D eigenvalue weighted by Crippen LogP contribution is 2.28. The molecule has 0 radical (unpaired) electrons. The van der Waals surface area contributed by atoms with E-state index in [4.69, 9.17) is 9.37 Å². The first kappa shape index (κ1) is 18.6. The van der Waals surface area contributed by atoms with Gasteiger partial charge in [0.2, 0.25) is 5.82 Å². The summed E-state index contributed by atoms with van der Waals surface area (Å²) in [7, 11) is 0. The van der Waals surface area contributed by atoms with Gasteiger partial charge in [0.15, 0.2) is 5.69 Å². The second-order valence-electron chi connectivity index (χ2n) is 6.96. The summed E-state index contributed by atoms with van der Waals surface area (Å²) < 4.78 is 10.5. The molecule has 0 spiro atoms. The maximum atomic E-state index is 12.6. The van der Waals surface area contributed by atoms with E-state index in [2.05, 4.69) is 29.5 Å². The van der Waals surface area contributed by atoms with Crippen LogP contribution in [0.15, 0.2) is 47.1 Å². The summed E-state index contributed by atoms with van der Waals surface area (Å²) in [5.74, 6) is 1.19. The third-order valence-electron chi connectivity index (χ3n) is 4.07. The van der Waals surface area contributed by atoms with Crippen LogP contribution >= 0.6 is 0 Å². The third kappa shape index (κ3) is 4.53. The molecular formula is C21H23N3O3. The number of nitrogens with one attached hydrogen (secondary N) is 1. The molecule has 3 rings (SSSR count). The van der Waals surface area contributed by atoms with E-state index in [0.717, 1.165) is 22.4 Å². The predicted molar refractivity (Wildman–Crippen MR) is 104 cm³/mol. The lowest BCUT2D eigenvalue weighted by Gasteiger charge is -2.09. The van der Waals surface area contributed by atoms with Crippen LogP contribution in [0.5, 0.6) is 5.75 Å². The molecule has 0 aliphatic carbocycles. The second kappa shape index (κ2) is 8.03. The van der Waals surface area contributed by atoms with Gasteiger partial charge in [0.25, 0.3) is 5.91 Å². The summed E-state index contributed by atoms with van der Waals surface area (Å²) >= 11 is 0. The number of carbonyl (C=O) groups is 1. The molecule has 0 aliphatic rings. The number of amides is 1. The van der Waals surface area contributed by atoms with E-state index in [0.29, 0.717) is 29.6 Å². The molecule has 0 bridgehead atoms. The Hall–Kier alpha value is -3.15. The first-order chi connectivity index (χ1) is 12.9. The monoisotopic (exact) mass is 365 g/mol. The van der Waals surface area contributed by atoms with Gasteiger partial charge in [0.1, 0.15) is 5.75 Å². The Balaban J connectivity index is 1.76. The smallest absolute Gasteiger partial charge is 0.256 e. The molecule has 2 aromatic carbocycles. The van der Waals surface area contributed by atoms with Crippen LogP contribution in [0.25, 0.3) is 11.3 Å². The standard InChI is InChI=1S/C21H23N3O3/c1-13(2)12-26-17-9-7-16(8-10-17)21(25)22-20-19(23-27-24-20)18-11-14(3)5-6-15(18)4/h5-11,13H,12H2,1-4H3,(H,22,24,25). The molecule has 0 saturated heterocycles. The Morgan fingerprint density at radius 3 is 2.56 bits per heavy atom. The number of nitrogens with zero attached hydrogens (tertiary/aromatic N) is 2. The van der Waals surface area contributed by atoms with Crippen molar-refractivity contribution in [1.82, 2.24) is 10.3 Å². The Bertz CT molecular complexity index is 930. The zero-order chi connectivity index (χ0) is 19.4. The van der Waals surface area contributed by atoms with Gasteiger partial charge < -0.3 is 10.1 Å². The summed E-state index contributed by atoms with van der Waals surface area (Å²) in [4.78, 5) is 12.6. The lowest BCUT2D eigenvalue weighted by atomic mass is 10.0. The van der Waals surface area contributed by atoms with Gasteiger partial charge >= 0.3 is 0 Å². The minimum Gasteiger partial charge on any atom is -0.493 e. The molecule has 27 heavy (non-hydrogen) atoms. The van der Waals surface area contributed by atoms with Gasteiger partial charge in [0.05, 0.1) is 6.61 Å². The summed E-state index contributed by atoms with van der Waals surface area (Å²) in [5, 5.41) is 10.6. The Labute approximate surface area is 158 Å². The molecule has 0 unspecified atom stereocenters. The first-order valence-corrected chi connectivity index (χ1v) is 8.88. The van der Waals surface area contributed by atoms with Crippen LogP contribution < -0.4 is 10.1 Å². The molecule has 1 heterocycles. The van der Waals surface area contributed by atoms with Crippen LogP contribution in [0, 0.1) is 19.8 Å². The second-order valence-corrected chi connectivity index (χ2v) is 6.96. The van der Waals surface area contributed by atoms with E-state index in [1.165, 1.54) is 0 Å². The number of ether oxygens (including phenoxy) is 1.